The fourth-order valence-corrected chi connectivity index (χ4v) is 6.25. The van der Waals surface area contributed by atoms with Crippen molar-refractivity contribution in [1.29, 1.82) is 0 Å². The molecule has 0 aliphatic carbocycles. The molecule has 14 heteroatoms. The SMILES string of the molecule is CCCCNC(=O)[C@@H](C)N(Cc1ccc(Cl)cc1Cl)C(=O)CN(c1cc(C(F)(F)F)ccc1Cl)S(=O)(=O)c1ccccc1. The summed E-state index contributed by atoms with van der Waals surface area (Å²) in [6.45, 7) is 2.53. The number of nitrogens with zero attached hydrogens (tertiary/aromatic N) is 2. The van der Waals surface area contributed by atoms with Crippen LogP contribution in [0.5, 0.6) is 0 Å². The lowest BCUT2D eigenvalue weighted by Crippen LogP contribution is -2.51. The van der Waals surface area contributed by atoms with Crippen LogP contribution in [0.15, 0.2) is 71.6 Å². The van der Waals surface area contributed by atoms with Gasteiger partial charge < -0.3 is 10.2 Å². The van der Waals surface area contributed by atoms with Crippen LogP contribution in [-0.4, -0.2) is 44.3 Å². The molecule has 2 amide bonds. The minimum atomic E-state index is -4.83. The van der Waals surface area contributed by atoms with Gasteiger partial charge in [-0.15, -0.1) is 0 Å². The first-order valence-electron chi connectivity index (χ1n) is 13.1. The van der Waals surface area contributed by atoms with Gasteiger partial charge in [-0.2, -0.15) is 13.2 Å². The van der Waals surface area contributed by atoms with E-state index < -0.39 is 51.9 Å². The van der Waals surface area contributed by atoms with Crippen molar-refractivity contribution in [2.75, 3.05) is 17.4 Å². The van der Waals surface area contributed by atoms with E-state index in [-0.39, 0.29) is 21.5 Å². The Morgan fingerprint density at radius 1 is 0.953 bits per heavy atom. The third-order valence-corrected chi connectivity index (χ3v) is 9.19. The molecule has 43 heavy (non-hydrogen) atoms. The second kappa shape index (κ2) is 14.7. The third-order valence-electron chi connectivity index (χ3n) is 6.50. The zero-order valence-corrected chi connectivity index (χ0v) is 26.3. The fourth-order valence-electron chi connectivity index (χ4n) is 4.07. The Kier molecular flexibility index (Phi) is 11.8. The van der Waals surface area contributed by atoms with Gasteiger partial charge in [-0.1, -0.05) is 72.4 Å². The van der Waals surface area contributed by atoms with E-state index in [2.05, 4.69) is 5.32 Å². The molecule has 232 valence electrons. The Morgan fingerprint density at radius 2 is 1.63 bits per heavy atom. The van der Waals surface area contributed by atoms with Crippen molar-refractivity contribution in [2.24, 2.45) is 0 Å². The van der Waals surface area contributed by atoms with Crippen molar-refractivity contribution < 1.29 is 31.2 Å². The van der Waals surface area contributed by atoms with Crippen LogP contribution in [0.3, 0.4) is 0 Å². The molecule has 7 nitrogen and oxygen atoms in total. The smallest absolute Gasteiger partial charge is 0.354 e. The van der Waals surface area contributed by atoms with Crippen molar-refractivity contribution in [3.05, 3.63) is 92.9 Å². The minimum absolute atomic E-state index is 0.193. The molecule has 0 aliphatic heterocycles. The molecule has 3 aromatic carbocycles. The average Bonchev–Trinajstić information content (AvgIpc) is 2.95. The van der Waals surface area contributed by atoms with E-state index in [0.29, 0.717) is 40.0 Å². The molecule has 0 saturated carbocycles. The number of anilines is 1. The van der Waals surface area contributed by atoms with Crippen molar-refractivity contribution in [1.82, 2.24) is 10.2 Å². The molecule has 0 bridgehead atoms. The average molecular weight is 679 g/mol. The number of halogens is 6. The third kappa shape index (κ3) is 8.78. The number of carbonyl (C=O) groups excluding carboxylic acids is 2. The van der Waals surface area contributed by atoms with Crippen molar-refractivity contribution in [3.63, 3.8) is 0 Å². The Bertz CT molecular complexity index is 1560. The number of benzene rings is 3. The molecule has 0 saturated heterocycles. The van der Waals surface area contributed by atoms with Gasteiger partial charge in [0.05, 0.1) is 21.2 Å². The van der Waals surface area contributed by atoms with Gasteiger partial charge in [-0.05, 0) is 61.4 Å². The van der Waals surface area contributed by atoms with Crippen molar-refractivity contribution in [3.8, 4) is 0 Å². The van der Waals surface area contributed by atoms with Gasteiger partial charge in [-0.25, -0.2) is 8.42 Å². The summed E-state index contributed by atoms with van der Waals surface area (Å²) >= 11 is 18.6. The summed E-state index contributed by atoms with van der Waals surface area (Å²) in [5.74, 6) is -1.40. The van der Waals surface area contributed by atoms with Crippen LogP contribution >= 0.6 is 34.8 Å². The van der Waals surface area contributed by atoms with Crippen LogP contribution in [0, 0.1) is 0 Å². The van der Waals surface area contributed by atoms with Crippen LogP contribution in [0.2, 0.25) is 15.1 Å². The van der Waals surface area contributed by atoms with Gasteiger partial charge >= 0.3 is 6.18 Å². The van der Waals surface area contributed by atoms with E-state index in [1.54, 1.807) is 12.1 Å². The van der Waals surface area contributed by atoms with Gasteiger partial charge in [0.1, 0.15) is 12.6 Å². The summed E-state index contributed by atoms with van der Waals surface area (Å²) in [4.78, 5) is 27.8. The first-order chi connectivity index (χ1) is 20.2. The van der Waals surface area contributed by atoms with E-state index >= 15 is 0 Å². The maximum Gasteiger partial charge on any atom is 0.416 e. The Morgan fingerprint density at radius 3 is 2.23 bits per heavy atom. The first kappa shape index (κ1) is 34.5. The topological polar surface area (TPSA) is 86.8 Å². The number of hydrogen-bond donors (Lipinski definition) is 1. The minimum Gasteiger partial charge on any atom is -0.354 e. The summed E-state index contributed by atoms with van der Waals surface area (Å²) in [7, 11) is -4.63. The lowest BCUT2D eigenvalue weighted by Gasteiger charge is -2.32. The largest absolute Gasteiger partial charge is 0.416 e. The molecule has 1 N–H and O–H groups in total. The quantitative estimate of drug-likeness (QED) is 0.206. The van der Waals surface area contributed by atoms with Gasteiger partial charge in [0, 0.05) is 23.1 Å². The standard InChI is InChI=1S/C29H29Cl3F3N3O4S/c1-3-4-14-36-28(40)19(2)37(17-20-10-12-22(30)16-25(20)32)27(39)18-38(43(41,42)23-8-6-5-7-9-23)26-15-21(29(33,34)35)11-13-24(26)31/h5-13,15-16,19H,3-4,14,17-18H2,1-2H3,(H,36,40)/t19-/m1/s1. The van der Waals surface area contributed by atoms with Gasteiger partial charge in [-0.3, -0.25) is 13.9 Å². The molecule has 3 rings (SSSR count). The monoisotopic (exact) mass is 677 g/mol. The van der Waals surface area contributed by atoms with Crippen LogP contribution in [0.1, 0.15) is 37.8 Å². The van der Waals surface area contributed by atoms with Gasteiger partial charge in [0.15, 0.2) is 0 Å². The second-order valence-electron chi connectivity index (χ2n) is 9.57. The molecule has 0 aromatic heterocycles. The van der Waals surface area contributed by atoms with Crippen molar-refractivity contribution in [2.45, 2.75) is 50.3 Å². The number of carbonyl (C=O) groups is 2. The van der Waals surface area contributed by atoms with Crippen LogP contribution < -0.4 is 9.62 Å². The van der Waals surface area contributed by atoms with E-state index in [1.807, 2.05) is 6.92 Å². The highest BCUT2D eigenvalue weighted by Crippen LogP contribution is 2.37. The maximum atomic E-state index is 14.0. The first-order valence-corrected chi connectivity index (χ1v) is 15.7. The number of alkyl halides is 3. The lowest BCUT2D eigenvalue weighted by molar-refractivity contribution is -0.139. The molecule has 1 atom stereocenters. The molecular formula is C29H29Cl3F3N3O4S. The molecule has 0 radical (unpaired) electrons. The molecule has 0 heterocycles. The summed E-state index contributed by atoms with van der Waals surface area (Å²) < 4.78 is 69.1. The predicted molar refractivity (Wildman–Crippen MR) is 162 cm³/mol. The van der Waals surface area contributed by atoms with E-state index in [0.717, 1.165) is 17.4 Å². The number of hydrogen-bond acceptors (Lipinski definition) is 4. The molecule has 0 spiro atoms. The lowest BCUT2D eigenvalue weighted by atomic mass is 10.1. The Balaban J connectivity index is 2.12. The summed E-state index contributed by atoms with van der Waals surface area (Å²) in [5, 5.41) is 2.93. The Hall–Kier alpha value is -2.99. The highest BCUT2D eigenvalue weighted by molar-refractivity contribution is 7.92. The second-order valence-corrected chi connectivity index (χ2v) is 12.7. The number of nitrogens with one attached hydrogen (secondary N) is 1. The number of unbranched alkanes of at least 4 members (excludes halogenated alkanes) is 1. The summed E-state index contributed by atoms with van der Waals surface area (Å²) in [5.41, 5.74) is -1.32. The van der Waals surface area contributed by atoms with E-state index in [1.165, 1.54) is 43.3 Å². The van der Waals surface area contributed by atoms with Crippen LogP contribution in [-0.2, 0) is 32.3 Å². The zero-order chi connectivity index (χ0) is 31.9. The molecule has 3 aromatic rings. The number of rotatable bonds is 12. The van der Waals surface area contributed by atoms with Crippen molar-refractivity contribution >= 4 is 62.3 Å². The summed E-state index contributed by atoms with van der Waals surface area (Å²) in [6, 6.07) is 12.5. The fraction of sp³-hybridized carbons (Fsp3) is 0.310. The van der Waals surface area contributed by atoms with Gasteiger partial charge in [0.2, 0.25) is 11.8 Å². The van der Waals surface area contributed by atoms with E-state index in [9.17, 15) is 31.2 Å². The molecular weight excluding hydrogens is 650 g/mol. The molecule has 0 unspecified atom stereocenters. The zero-order valence-electron chi connectivity index (χ0n) is 23.2. The van der Waals surface area contributed by atoms with Gasteiger partial charge in [0.25, 0.3) is 10.0 Å². The summed E-state index contributed by atoms with van der Waals surface area (Å²) in [6.07, 6.45) is -3.33. The van der Waals surface area contributed by atoms with Crippen LogP contribution in [0.4, 0.5) is 18.9 Å². The molecule has 0 aliphatic rings. The highest BCUT2D eigenvalue weighted by Gasteiger charge is 2.36. The normalized spacial score (nSPS) is 12.5. The number of sulfonamides is 1. The highest BCUT2D eigenvalue weighted by atomic mass is 35.5. The Labute approximate surface area is 263 Å². The van der Waals surface area contributed by atoms with E-state index in [4.69, 9.17) is 34.8 Å². The maximum absolute atomic E-state index is 14.0. The number of amides is 2. The molecule has 0 fully saturated rings. The van der Waals surface area contributed by atoms with Crippen LogP contribution in [0.25, 0.3) is 0 Å². The predicted octanol–water partition coefficient (Wildman–Crippen LogP) is 7.19.